The van der Waals surface area contributed by atoms with E-state index in [-0.39, 0.29) is 29.2 Å². The van der Waals surface area contributed by atoms with E-state index in [1.807, 2.05) is 25.3 Å². The fourth-order valence-electron chi connectivity index (χ4n) is 3.99. The van der Waals surface area contributed by atoms with Gasteiger partial charge in [0.2, 0.25) is 11.9 Å². The van der Waals surface area contributed by atoms with Crippen LogP contribution in [0, 0.1) is 6.92 Å². The number of hydrogen-bond donors (Lipinski definition) is 3. The molecular weight excluding hydrogens is 436 g/mol. The van der Waals surface area contributed by atoms with Crippen LogP contribution >= 0.6 is 0 Å². The van der Waals surface area contributed by atoms with Gasteiger partial charge in [0.25, 0.3) is 5.91 Å². The summed E-state index contributed by atoms with van der Waals surface area (Å²) in [5.74, 6) is -0.187. The first kappa shape index (κ1) is 22.8. The lowest BCUT2D eigenvalue weighted by Crippen LogP contribution is -2.21. The summed E-state index contributed by atoms with van der Waals surface area (Å²) < 4.78 is 9.01. The Bertz CT molecular complexity index is 1390. The molecular formula is C24H26N6O4. The molecule has 176 valence electrons. The number of carbonyl (C=O) groups is 2. The van der Waals surface area contributed by atoms with Crippen LogP contribution in [0.4, 0.5) is 5.95 Å². The summed E-state index contributed by atoms with van der Waals surface area (Å²) >= 11 is 0. The molecule has 4 aromatic rings. The van der Waals surface area contributed by atoms with Gasteiger partial charge in [0.15, 0.2) is 0 Å². The van der Waals surface area contributed by atoms with Crippen LogP contribution < -0.4 is 15.8 Å². The molecule has 2 amide bonds. The van der Waals surface area contributed by atoms with E-state index in [2.05, 4.69) is 15.4 Å². The largest absolute Gasteiger partial charge is 0.508 e. The molecule has 4 N–H and O–H groups in total. The minimum absolute atomic E-state index is 0.145. The zero-order chi connectivity index (χ0) is 24.6. The van der Waals surface area contributed by atoms with Crippen molar-refractivity contribution in [3.8, 4) is 11.5 Å². The molecule has 0 spiro atoms. The fraction of sp³-hybridized carbons (Fsp3) is 0.250. The summed E-state index contributed by atoms with van der Waals surface area (Å²) in [5, 5.41) is 16.9. The number of aryl methyl sites for hydroxylation is 2. The van der Waals surface area contributed by atoms with Gasteiger partial charge >= 0.3 is 0 Å². The lowest BCUT2D eigenvalue weighted by molar-refractivity contribution is 0.0995. The third-order valence-corrected chi connectivity index (χ3v) is 5.68. The molecule has 10 nitrogen and oxygen atoms in total. The monoisotopic (exact) mass is 462 g/mol. The molecule has 0 saturated heterocycles. The second-order valence-corrected chi connectivity index (χ2v) is 7.92. The van der Waals surface area contributed by atoms with E-state index in [1.54, 1.807) is 47.1 Å². The van der Waals surface area contributed by atoms with Gasteiger partial charge in [-0.25, -0.2) is 4.98 Å². The number of aromatic nitrogens is 4. The van der Waals surface area contributed by atoms with Crippen molar-refractivity contribution in [1.82, 2.24) is 19.3 Å². The van der Waals surface area contributed by atoms with Crippen LogP contribution in [0.2, 0.25) is 0 Å². The van der Waals surface area contributed by atoms with Crippen LogP contribution in [-0.2, 0) is 6.54 Å². The lowest BCUT2D eigenvalue weighted by Gasteiger charge is -2.19. The van der Waals surface area contributed by atoms with E-state index in [4.69, 9.17) is 10.5 Å². The molecule has 34 heavy (non-hydrogen) atoms. The Hall–Kier alpha value is -4.34. The number of phenolic OH excluding ortho intramolecular Hbond substituents is 1. The van der Waals surface area contributed by atoms with E-state index < -0.39 is 5.91 Å². The quantitative estimate of drug-likeness (QED) is 0.386. The predicted molar refractivity (Wildman–Crippen MR) is 127 cm³/mol. The molecule has 0 bridgehead atoms. The Morgan fingerprint density at radius 2 is 1.91 bits per heavy atom. The van der Waals surface area contributed by atoms with Gasteiger partial charge in [-0.2, -0.15) is 5.10 Å². The Kier molecular flexibility index (Phi) is 5.97. The highest BCUT2D eigenvalue weighted by Gasteiger charge is 2.24. The highest BCUT2D eigenvalue weighted by atomic mass is 16.5. The van der Waals surface area contributed by atoms with Crippen molar-refractivity contribution in [3.05, 3.63) is 65.0 Å². The molecule has 2 aromatic carbocycles. The molecule has 0 radical (unpaired) electrons. The van der Waals surface area contributed by atoms with Gasteiger partial charge < -0.3 is 15.6 Å². The molecule has 2 heterocycles. The number of carbonyl (C=O) groups excluding carboxylic acids is 2. The molecule has 0 aliphatic rings. The van der Waals surface area contributed by atoms with Crippen molar-refractivity contribution < 1.29 is 19.4 Å². The lowest BCUT2D eigenvalue weighted by atomic mass is 10.1. The summed E-state index contributed by atoms with van der Waals surface area (Å²) in [5.41, 5.74) is 8.76. The summed E-state index contributed by atoms with van der Waals surface area (Å²) in [6.45, 7) is 6.20. The smallest absolute Gasteiger partial charge is 0.276 e. The molecule has 0 aliphatic carbocycles. The molecule has 1 atom stereocenters. The second kappa shape index (κ2) is 8.89. The number of ether oxygens (including phenoxy) is 1. The Balaban J connectivity index is 1.90. The molecule has 0 aliphatic heterocycles. The fourth-order valence-corrected chi connectivity index (χ4v) is 3.99. The number of phenols is 1. The zero-order valence-electron chi connectivity index (χ0n) is 19.4. The van der Waals surface area contributed by atoms with Crippen LogP contribution in [0.15, 0.2) is 42.5 Å². The first-order valence-electron chi connectivity index (χ1n) is 10.8. The summed E-state index contributed by atoms with van der Waals surface area (Å²) in [4.78, 5) is 29.7. The van der Waals surface area contributed by atoms with Crippen molar-refractivity contribution >= 4 is 28.8 Å². The zero-order valence-corrected chi connectivity index (χ0v) is 19.4. The van der Waals surface area contributed by atoms with Crippen molar-refractivity contribution in [2.45, 2.75) is 33.4 Å². The van der Waals surface area contributed by atoms with Gasteiger partial charge in [-0.05, 0) is 56.7 Å². The maximum atomic E-state index is 13.2. The number of nitrogens with two attached hydrogens (primary N) is 1. The van der Waals surface area contributed by atoms with Crippen molar-refractivity contribution in [2.24, 2.45) is 5.73 Å². The first-order chi connectivity index (χ1) is 16.2. The average Bonchev–Trinajstić information content (AvgIpc) is 3.38. The predicted octanol–water partition coefficient (Wildman–Crippen LogP) is 3.24. The van der Waals surface area contributed by atoms with Crippen LogP contribution in [0.1, 0.15) is 52.0 Å². The normalized spacial score (nSPS) is 12.0. The number of primary amides is 1. The highest BCUT2D eigenvalue weighted by Crippen LogP contribution is 2.35. The number of aromatic hydroxyl groups is 1. The number of imidazole rings is 1. The van der Waals surface area contributed by atoms with E-state index in [9.17, 15) is 14.7 Å². The number of anilines is 1. The number of benzene rings is 2. The van der Waals surface area contributed by atoms with E-state index in [1.165, 1.54) is 7.11 Å². The van der Waals surface area contributed by atoms with Crippen molar-refractivity contribution in [2.75, 3.05) is 12.4 Å². The van der Waals surface area contributed by atoms with E-state index in [0.717, 1.165) is 11.3 Å². The maximum Gasteiger partial charge on any atom is 0.276 e. The Labute approximate surface area is 196 Å². The van der Waals surface area contributed by atoms with Gasteiger partial charge in [-0.15, -0.1) is 0 Å². The van der Waals surface area contributed by atoms with Crippen molar-refractivity contribution in [1.29, 1.82) is 0 Å². The number of hydrogen-bond acceptors (Lipinski definition) is 6. The molecule has 0 saturated carbocycles. The summed E-state index contributed by atoms with van der Waals surface area (Å²) in [6.07, 6.45) is 0. The molecule has 1 unspecified atom stereocenters. The number of fused-ring (bicyclic) bond motifs is 1. The topological polar surface area (TPSA) is 137 Å². The SMILES string of the molecule is CCn1nc(C)cc1C(=O)Nc1nc2cc(C(N)=O)cc(OC)c2n1C(C)c1ccc(O)cc1. The van der Waals surface area contributed by atoms with Crippen LogP contribution in [0.3, 0.4) is 0 Å². The molecule has 10 heteroatoms. The minimum Gasteiger partial charge on any atom is -0.508 e. The minimum atomic E-state index is -0.616. The van der Waals surface area contributed by atoms with Gasteiger partial charge in [0.05, 0.1) is 24.4 Å². The Morgan fingerprint density at radius 3 is 2.53 bits per heavy atom. The van der Waals surface area contributed by atoms with E-state index in [0.29, 0.717) is 29.0 Å². The third-order valence-electron chi connectivity index (χ3n) is 5.68. The highest BCUT2D eigenvalue weighted by molar-refractivity contribution is 6.04. The number of methoxy groups -OCH3 is 1. The molecule has 2 aromatic heterocycles. The van der Waals surface area contributed by atoms with E-state index >= 15 is 0 Å². The number of rotatable bonds is 7. The van der Waals surface area contributed by atoms with Gasteiger partial charge in [0.1, 0.15) is 22.7 Å². The molecule has 4 rings (SSSR count). The number of nitrogens with one attached hydrogen (secondary N) is 1. The standard InChI is InChI=1S/C24H26N6O4/c1-5-29-19(10-13(2)28-29)23(33)27-24-26-18-11-16(22(25)32)12-20(34-4)21(18)30(24)14(3)15-6-8-17(31)9-7-15/h6-12,14,31H,5H2,1-4H3,(H2,25,32)(H,26,27,33). The Morgan fingerprint density at radius 1 is 1.21 bits per heavy atom. The molecule has 0 fully saturated rings. The first-order valence-corrected chi connectivity index (χ1v) is 10.8. The van der Waals surface area contributed by atoms with Crippen LogP contribution in [0.25, 0.3) is 11.0 Å². The maximum absolute atomic E-state index is 13.2. The van der Waals surface area contributed by atoms with Gasteiger partial charge in [-0.3, -0.25) is 24.2 Å². The number of nitrogens with zero attached hydrogens (tertiary/aromatic N) is 4. The third kappa shape index (κ3) is 4.05. The summed E-state index contributed by atoms with van der Waals surface area (Å²) in [7, 11) is 1.49. The van der Waals surface area contributed by atoms with Gasteiger partial charge in [-0.1, -0.05) is 12.1 Å². The second-order valence-electron chi connectivity index (χ2n) is 7.92. The van der Waals surface area contributed by atoms with Crippen molar-refractivity contribution in [3.63, 3.8) is 0 Å². The number of amides is 2. The van der Waals surface area contributed by atoms with Crippen LogP contribution in [-0.4, -0.2) is 43.4 Å². The van der Waals surface area contributed by atoms with Gasteiger partial charge in [0, 0.05) is 12.1 Å². The summed E-state index contributed by atoms with van der Waals surface area (Å²) in [6, 6.07) is 11.3. The average molecular weight is 463 g/mol. The van der Waals surface area contributed by atoms with Crippen LogP contribution in [0.5, 0.6) is 11.5 Å².